The minimum Gasteiger partial charge on any atom is -0.207 e. The number of hydrogen-bond donors (Lipinski definition) is 0. The van der Waals surface area contributed by atoms with E-state index in [1.165, 1.54) is 12.1 Å². The lowest BCUT2D eigenvalue weighted by Crippen LogP contribution is -2.12. The lowest BCUT2D eigenvalue weighted by atomic mass is 10.1. The van der Waals surface area contributed by atoms with Crippen LogP contribution >= 0.6 is 11.8 Å². The predicted octanol–water partition coefficient (Wildman–Crippen LogP) is 1.78. The van der Waals surface area contributed by atoms with Gasteiger partial charge in [-0.3, -0.25) is 0 Å². The van der Waals surface area contributed by atoms with Crippen LogP contribution in [0.3, 0.4) is 0 Å². The number of hydrogen-bond acceptors (Lipinski definition) is 4. The van der Waals surface area contributed by atoms with Gasteiger partial charge >= 0.3 is 0 Å². The summed E-state index contributed by atoms with van der Waals surface area (Å²) in [6, 6.07) is 6.32. The zero-order valence-electron chi connectivity index (χ0n) is 8.17. The summed E-state index contributed by atoms with van der Waals surface area (Å²) in [5, 5.41) is 12.8. The Kier molecular flexibility index (Phi) is 2.21. The number of rotatable bonds is 1. The van der Waals surface area contributed by atoms with Gasteiger partial charge in [0, 0.05) is 5.75 Å². The molecule has 0 saturated heterocycles. The second-order valence-electron chi connectivity index (χ2n) is 3.30. The third-order valence-electron chi connectivity index (χ3n) is 2.24. The van der Waals surface area contributed by atoms with E-state index in [0.717, 1.165) is 22.2 Å². The summed E-state index contributed by atoms with van der Waals surface area (Å²) in [6.45, 7) is 0. The van der Waals surface area contributed by atoms with Crippen molar-refractivity contribution in [1.29, 1.82) is 0 Å². The molecule has 4 nitrogen and oxygen atoms in total. The number of nitrogens with zero attached hydrogens (tertiary/aromatic N) is 4. The Morgan fingerprint density at radius 3 is 2.88 bits per heavy atom. The van der Waals surface area contributed by atoms with E-state index in [0.29, 0.717) is 0 Å². The van der Waals surface area contributed by atoms with Crippen LogP contribution in [0.15, 0.2) is 40.9 Å². The van der Waals surface area contributed by atoms with Crippen LogP contribution in [0.1, 0.15) is 5.56 Å². The first-order valence-corrected chi connectivity index (χ1v) is 5.68. The predicted molar refractivity (Wildman–Crippen MR) is 59.1 cm³/mol. The maximum absolute atomic E-state index is 12.8. The van der Waals surface area contributed by atoms with Gasteiger partial charge in [0.15, 0.2) is 0 Å². The Balaban J connectivity index is 2.00. The van der Waals surface area contributed by atoms with Crippen LogP contribution in [-0.2, 0) is 0 Å². The van der Waals surface area contributed by atoms with Crippen molar-refractivity contribution >= 4 is 17.5 Å². The molecule has 0 saturated carbocycles. The largest absolute Gasteiger partial charge is 0.212 e. The minimum absolute atomic E-state index is 0.238. The third kappa shape index (κ3) is 1.61. The van der Waals surface area contributed by atoms with Crippen molar-refractivity contribution in [2.75, 3.05) is 5.75 Å². The lowest BCUT2D eigenvalue weighted by molar-refractivity contribution is 0.627. The highest BCUT2D eigenvalue weighted by molar-refractivity contribution is 7.99. The number of aromatic nitrogens is 3. The van der Waals surface area contributed by atoms with Gasteiger partial charge in [-0.1, -0.05) is 23.9 Å². The van der Waals surface area contributed by atoms with Gasteiger partial charge in [0.2, 0.25) is 5.16 Å². The van der Waals surface area contributed by atoms with Gasteiger partial charge in [0.05, 0.1) is 5.71 Å². The van der Waals surface area contributed by atoms with Crippen molar-refractivity contribution in [2.45, 2.75) is 5.16 Å². The Hall–Kier alpha value is -1.69. The minimum atomic E-state index is -0.238. The van der Waals surface area contributed by atoms with Crippen LogP contribution < -0.4 is 0 Å². The smallest absolute Gasteiger partial charge is 0.207 e. The molecule has 0 radical (unpaired) electrons. The highest BCUT2D eigenvalue weighted by atomic mass is 32.2. The topological polar surface area (TPSA) is 43.1 Å². The van der Waals surface area contributed by atoms with E-state index in [4.69, 9.17) is 0 Å². The summed E-state index contributed by atoms with van der Waals surface area (Å²) < 4.78 is 14.4. The van der Waals surface area contributed by atoms with Gasteiger partial charge in [-0.05, 0) is 17.7 Å². The van der Waals surface area contributed by atoms with Crippen molar-refractivity contribution in [3.05, 3.63) is 42.0 Å². The first kappa shape index (κ1) is 9.53. The molecule has 1 aromatic heterocycles. The molecular weight excluding hydrogens is 227 g/mol. The maximum atomic E-state index is 12.8. The van der Waals surface area contributed by atoms with E-state index in [-0.39, 0.29) is 5.82 Å². The second kappa shape index (κ2) is 3.71. The van der Waals surface area contributed by atoms with E-state index in [1.807, 2.05) is 0 Å². The van der Waals surface area contributed by atoms with Gasteiger partial charge in [-0.15, -0.1) is 10.2 Å². The quantitative estimate of drug-likeness (QED) is 0.755. The molecule has 80 valence electrons. The highest BCUT2D eigenvalue weighted by Crippen LogP contribution is 2.21. The van der Waals surface area contributed by atoms with E-state index < -0.39 is 0 Å². The number of fused-ring (bicyclic) bond motifs is 1. The zero-order valence-corrected chi connectivity index (χ0v) is 8.99. The molecular formula is C10H7FN4S. The number of thioether (sulfide) groups is 1. The number of benzene rings is 1. The molecule has 2 aromatic rings. The lowest BCUT2D eigenvalue weighted by Gasteiger charge is -2.11. The zero-order chi connectivity index (χ0) is 11.0. The molecule has 6 heteroatoms. The van der Waals surface area contributed by atoms with E-state index in [2.05, 4.69) is 15.3 Å². The SMILES string of the molecule is Fc1ccc(C2=Nn3cnnc3SC2)cc1. The molecule has 0 N–H and O–H groups in total. The van der Waals surface area contributed by atoms with Crippen LogP contribution in [0.25, 0.3) is 0 Å². The number of halogens is 1. The van der Waals surface area contributed by atoms with Crippen molar-refractivity contribution in [2.24, 2.45) is 5.10 Å². The molecule has 0 unspecified atom stereocenters. The molecule has 1 aliphatic heterocycles. The van der Waals surface area contributed by atoms with Crippen LogP contribution in [-0.4, -0.2) is 26.3 Å². The molecule has 0 amide bonds. The van der Waals surface area contributed by atoms with E-state index >= 15 is 0 Å². The summed E-state index contributed by atoms with van der Waals surface area (Å²) in [7, 11) is 0. The normalized spacial score (nSPS) is 14.4. The highest BCUT2D eigenvalue weighted by Gasteiger charge is 2.15. The first-order valence-electron chi connectivity index (χ1n) is 4.69. The average molecular weight is 234 g/mol. The summed E-state index contributed by atoms with van der Waals surface area (Å²) in [4.78, 5) is 0. The fraction of sp³-hybridized carbons (Fsp3) is 0.100. The molecule has 0 atom stereocenters. The average Bonchev–Trinajstić information content (AvgIpc) is 2.77. The Morgan fingerprint density at radius 2 is 2.06 bits per heavy atom. The van der Waals surface area contributed by atoms with Crippen LogP contribution in [0.4, 0.5) is 4.39 Å². The van der Waals surface area contributed by atoms with Gasteiger partial charge in [-0.2, -0.15) is 9.78 Å². The van der Waals surface area contributed by atoms with E-state index in [9.17, 15) is 4.39 Å². The van der Waals surface area contributed by atoms with Gasteiger partial charge in [0.25, 0.3) is 0 Å². The van der Waals surface area contributed by atoms with Gasteiger partial charge in [0.1, 0.15) is 12.1 Å². The van der Waals surface area contributed by atoms with E-state index in [1.54, 1.807) is 34.9 Å². The molecule has 0 aliphatic carbocycles. The molecule has 0 bridgehead atoms. The molecule has 2 heterocycles. The van der Waals surface area contributed by atoms with Gasteiger partial charge < -0.3 is 0 Å². The third-order valence-corrected chi connectivity index (χ3v) is 3.19. The fourth-order valence-electron chi connectivity index (χ4n) is 1.46. The molecule has 16 heavy (non-hydrogen) atoms. The van der Waals surface area contributed by atoms with Crippen molar-refractivity contribution in [1.82, 2.24) is 14.9 Å². The molecule has 0 fully saturated rings. The summed E-state index contributed by atoms with van der Waals surface area (Å²) in [5.41, 5.74) is 1.82. The van der Waals surface area contributed by atoms with Crippen LogP contribution in [0, 0.1) is 5.82 Å². The standard InChI is InChI=1S/C10H7FN4S/c11-8-3-1-7(2-4-8)9-5-16-10-13-12-6-15(10)14-9/h1-4,6H,5H2. The summed E-state index contributed by atoms with van der Waals surface area (Å²) in [6.07, 6.45) is 1.56. The Morgan fingerprint density at radius 1 is 1.25 bits per heavy atom. The van der Waals surface area contributed by atoms with Crippen LogP contribution in [0.5, 0.6) is 0 Å². The molecule has 1 aliphatic rings. The monoisotopic (exact) mass is 234 g/mol. The van der Waals surface area contributed by atoms with Gasteiger partial charge in [-0.25, -0.2) is 4.39 Å². The fourth-order valence-corrected chi connectivity index (χ4v) is 2.27. The van der Waals surface area contributed by atoms with Crippen molar-refractivity contribution in [3.8, 4) is 0 Å². The molecule has 3 rings (SSSR count). The molecule has 0 spiro atoms. The Labute approximate surface area is 95.2 Å². The van der Waals surface area contributed by atoms with Crippen LogP contribution in [0.2, 0.25) is 0 Å². The van der Waals surface area contributed by atoms with Crippen molar-refractivity contribution in [3.63, 3.8) is 0 Å². The summed E-state index contributed by atoms with van der Waals surface area (Å²) in [5.74, 6) is 0.488. The second-order valence-corrected chi connectivity index (χ2v) is 4.24. The Bertz CT molecular complexity index is 546. The summed E-state index contributed by atoms with van der Waals surface area (Å²) >= 11 is 1.57. The molecule has 1 aromatic carbocycles. The first-order chi connectivity index (χ1) is 7.83. The maximum Gasteiger partial charge on any atom is 0.212 e. The van der Waals surface area contributed by atoms with Crippen molar-refractivity contribution < 1.29 is 4.39 Å².